The minimum atomic E-state index is -2.07. The summed E-state index contributed by atoms with van der Waals surface area (Å²) in [4.78, 5) is 4.44. The van der Waals surface area contributed by atoms with Crippen molar-refractivity contribution in [1.29, 1.82) is 0 Å². The molecule has 0 radical (unpaired) electrons. The van der Waals surface area contributed by atoms with Crippen LogP contribution < -0.4 is 0 Å². The Hall–Kier alpha value is -2.05. The van der Waals surface area contributed by atoms with Gasteiger partial charge in [0.15, 0.2) is 16.7 Å². The van der Waals surface area contributed by atoms with E-state index in [1.165, 1.54) is 24.3 Å². The third-order valence-corrected chi connectivity index (χ3v) is 3.29. The van der Waals surface area contributed by atoms with Crippen molar-refractivity contribution in [2.45, 2.75) is 4.90 Å². The van der Waals surface area contributed by atoms with Gasteiger partial charge in [-0.25, -0.2) is 13.6 Å². The number of hydrogen-bond acceptors (Lipinski definition) is 3. The van der Waals surface area contributed by atoms with E-state index in [4.69, 9.17) is 8.97 Å². The van der Waals surface area contributed by atoms with E-state index in [0.717, 1.165) is 0 Å². The molecule has 4 nitrogen and oxygen atoms in total. The molecule has 0 fully saturated rings. The molecule has 96 valence electrons. The zero-order chi connectivity index (χ0) is 13.4. The average molecular weight is 277 g/mol. The van der Waals surface area contributed by atoms with Crippen LogP contribution in [-0.4, -0.2) is 13.7 Å². The SMILES string of the molecule is O=S(O)c1ccc2nc(-c3cccc(F)c3)oc2c1. The molecule has 0 aliphatic heterocycles. The van der Waals surface area contributed by atoms with E-state index in [1.54, 1.807) is 18.2 Å². The van der Waals surface area contributed by atoms with Gasteiger partial charge in [0.05, 0.1) is 4.90 Å². The molecular formula is C13H8FNO3S. The highest BCUT2D eigenvalue weighted by molar-refractivity contribution is 7.79. The molecule has 0 amide bonds. The zero-order valence-electron chi connectivity index (χ0n) is 9.54. The summed E-state index contributed by atoms with van der Waals surface area (Å²) in [6.45, 7) is 0. The molecule has 1 unspecified atom stereocenters. The van der Waals surface area contributed by atoms with E-state index in [2.05, 4.69) is 4.98 Å². The standard InChI is InChI=1S/C13H8FNO3S/c14-9-3-1-2-8(6-9)13-15-11-5-4-10(19(16)17)7-12(11)18-13/h1-7H,(H,16,17). The number of aromatic nitrogens is 1. The van der Waals surface area contributed by atoms with Crippen LogP contribution in [0.3, 0.4) is 0 Å². The van der Waals surface area contributed by atoms with E-state index in [9.17, 15) is 8.60 Å². The predicted molar refractivity (Wildman–Crippen MR) is 68.4 cm³/mol. The minimum absolute atomic E-state index is 0.231. The number of rotatable bonds is 2. The monoisotopic (exact) mass is 277 g/mol. The second kappa shape index (κ2) is 4.56. The number of benzene rings is 2. The quantitative estimate of drug-likeness (QED) is 0.730. The molecule has 0 saturated carbocycles. The summed E-state index contributed by atoms with van der Waals surface area (Å²) < 4.78 is 38.6. The molecule has 3 aromatic rings. The van der Waals surface area contributed by atoms with Crippen molar-refractivity contribution in [3.63, 3.8) is 0 Å². The fourth-order valence-corrected chi connectivity index (χ4v) is 2.15. The van der Waals surface area contributed by atoms with Crippen LogP contribution in [0.2, 0.25) is 0 Å². The number of fused-ring (bicyclic) bond motifs is 1. The Labute approximate surface area is 110 Å². The first-order valence-corrected chi connectivity index (χ1v) is 6.51. The molecule has 0 aliphatic carbocycles. The van der Waals surface area contributed by atoms with Gasteiger partial charge in [0.2, 0.25) is 5.89 Å². The van der Waals surface area contributed by atoms with Gasteiger partial charge in [-0.05, 0) is 30.3 Å². The van der Waals surface area contributed by atoms with Crippen molar-refractivity contribution >= 4 is 22.2 Å². The van der Waals surface area contributed by atoms with Gasteiger partial charge in [0, 0.05) is 11.6 Å². The molecule has 0 spiro atoms. The first-order chi connectivity index (χ1) is 9.13. The van der Waals surface area contributed by atoms with Crippen molar-refractivity contribution in [1.82, 2.24) is 4.98 Å². The summed E-state index contributed by atoms with van der Waals surface area (Å²) in [7, 11) is 0. The van der Waals surface area contributed by atoms with Gasteiger partial charge >= 0.3 is 0 Å². The van der Waals surface area contributed by atoms with Crippen molar-refractivity contribution in [3.05, 3.63) is 48.3 Å². The lowest BCUT2D eigenvalue weighted by Crippen LogP contribution is -1.86. The van der Waals surface area contributed by atoms with Gasteiger partial charge in [-0.3, -0.25) is 0 Å². The van der Waals surface area contributed by atoms with Gasteiger partial charge < -0.3 is 8.97 Å². The Kier molecular flexibility index (Phi) is 2.88. The van der Waals surface area contributed by atoms with Gasteiger partial charge in [-0.1, -0.05) is 6.07 Å². The zero-order valence-corrected chi connectivity index (χ0v) is 10.4. The van der Waals surface area contributed by atoms with Crippen LogP contribution >= 0.6 is 0 Å². The van der Waals surface area contributed by atoms with Crippen molar-refractivity contribution in [2.75, 3.05) is 0 Å². The molecule has 0 bridgehead atoms. The molecule has 1 atom stereocenters. The second-order valence-corrected chi connectivity index (χ2v) is 4.88. The molecule has 6 heteroatoms. The number of hydrogen-bond donors (Lipinski definition) is 1. The Morgan fingerprint density at radius 2 is 2.05 bits per heavy atom. The minimum Gasteiger partial charge on any atom is -0.436 e. The summed E-state index contributed by atoms with van der Waals surface area (Å²) in [5, 5.41) is 0. The fraction of sp³-hybridized carbons (Fsp3) is 0. The molecular weight excluding hydrogens is 269 g/mol. The van der Waals surface area contributed by atoms with E-state index < -0.39 is 11.1 Å². The molecule has 1 heterocycles. The first kappa shape index (κ1) is 12.0. The smallest absolute Gasteiger partial charge is 0.227 e. The van der Waals surface area contributed by atoms with E-state index >= 15 is 0 Å². The summed E-state index contributed by atoms with van der Waals surface area (Å²) >= 11 is -2.07. The van der Waals surface area contributed by atoms with Crippen LogP contribution in [0, 0.1) is 5.82 Å². The Morgan fingerprint density at radius 1 is 1.21 bits per heavy atom. The molecule has 0 saturated heterocycles. The molecule has 1 N–H and O–H groups in total. The maximum absolute atomic E-state index is 13.1. The summed E-state index contributed by atoms with van der Waals surface area (Å²) in [5.41, 5.74) is 1.45. The van der Waals surface area contributed by atoms with Gasteiger partial charge in [-0.15, -0.1) is 0 Å². The first-order valence-electron chi connectivity index (χ1n) is 5.41. The second-order valence-electron chi connectivity index (χ2n) is 3.91. The highest BCUT2D eigenvalue weighted by atomic mass is 32.2. The summed E-state index contributed by atoms with van der Waals surface area (Å²) in [6.07, 6.45) is 0. The normalized spacial score (nSPS) is 12.7. The van der Waals surface area contributed by atoms with E-state index in [0.29, 0.717) is 16.7 Å². The topological polar surface area (TPSA) is 63.3 Å². The van der Waals surface area contributed by atoms with Crippen molar-refractivity contribution < 1.29 is 17.6 Å². The highest BCUT2D eigenvalue weighted by Gasteiger charge is 2.10. The predicted octanol–water partition coefficient (Wildman–Crippen LogP) is 3.21. The van der Waals surface area contributed by atoms with Crippen LogP contribution in [0.1, 0.15) is 0 Å². The fourth-order valence-electron chi connectivity index (χ4n) is 1.76. The van der Waals surface area contributed by atoms with Gasteiger partial charge in [0.25, 0.3) is 0 Å². The van der Waals surface area contributed by atoms with Crippen LogP contribution in [0.5, 0.6) is 0 Å². The molecule has 0 aliphatic rings. The third kappa shape index (κ3) is 2.27. The van der Waals surface area contributed by atoms with Crippen molar-refractivity contribution in [2.24, 2.45) is 0 Å². The number of oxazole rings is 1. The molecule has 3 rings (SSSR count). The third-order valence-electron chi connectivity index (χ3n) is 2.63. The van der Waals surface area contributed by atoms with Crippen LogP contribution in [-0.2, 0) is 11.1 Å². The number of nitrogens with zero attached hydrogens (tertiary/aromatic N) is 1. The van der Waals surface area contributed by atoms with Crippen LogP contribution in [0.25, 0.3) is 22.6 Å². The molecule has 19 heavy (non-hydrogen) atoms. The van der Waals surface area contributed by atoms with Gasteiger partial charge in [-0.2, -0.15) is 0 Å². The summed E-state index contributed by atoms with van der Waals surface area (Å²) in [6, 6.07) is 10.4. The van der Waals surface area contributed by atoms with Gasteiger partial charge in [0.1, 0.15) is 11.3 Å². The van der Waals surface area contributed by atoms with E-state index in [-0.39, 0.29) is 16.6 Å². The van der Waals surface area contributed by atoms with Crippen LogP contribution in [0.4, 0.5) is 4.39 Å². The molecule has 2 aromatic carbocycles. The van der Waals surface area contributed by atoms with Crippen LogP contribution in [0.15, 0.2) is 51.8 Å². The number of halogens is 1. The van der Waals surface area contributed by atoms with Crippen molar-refractivity contribution in [3.8, 4) is 11.5 Å². The Balaban J connectivity index is 2.14. The van der Waals surface area contributed by atoms with E-state index in [1.807, 2.05) is 0 Å². The maximum atomic E-state index is 13.1. The lowest BCUT2D eigenvalue weighted by atomic mass is 10.2. The molecule has 1 aromatic heterocycles. The lowest BCUT2D eigenvalue weighted by Gasteiger charge is -1.94. The maximum Gasteiger partial charge on any atom is 0.227 e. The average Bonchev–Trinajstić information content (AvgIpc) is 2.81. The lowest BCUT2D eigenvalue weighted by molar-refractivity contribution is 0.563. The Morgan fingerprint density at radius 3 is 2.79 bits per heavy atom. The Bertz CT molecular complexity index is 784. The summed E-state index contributed by atoms with van der Waals surface area (Å²) in [5.74, 6) is -0.104. The largest absolute Gasteiger partial charge is 0.436 e. The highest BCUT2D eigenvalue weighted by Crippen LogP contribution is 2.25.